The van der Waals surface area contributed by atoms with Gasteiger partial charge >= 0.3 is 5.97 Å². The number of thioether (sulfide) groups is 2. The number of anilines is 1. The van der Waals surface area contributed by atoms with E-state index in [4.69, 9.17) is 19.7 Å². The van der Waals surface area contributed by atoms with E-state index in [9.17, 15) is 4.79 Å². The monoisotopic (exact) mass is 667 g/mol. The average molecular weight is 668 g/mol. The van der Waals surface area contributed by atoms with E-state index >= 15 is 0 Å². The van der Waals surface area contributed by atoms with Crippen molar-refractivity contribution in [2.45, 2.75) is 178 Å². The first-order chi connectivity index (χ1) is 22.0. The fourth-order valence-corrected chi connectivity index (χ4v) is 7.17. The fraction of sp³-hybridized carbons (Fsp3) is 0.889. The predicted octanol–water partition coefficient (Wildman–Crippen LogP) is 10.6. The van der Waals surface area contributed by atoms with Gasteiger partial charge in [0.2, 0.25) is 5.95 Å². The van der Waals surface area contributed by atoms with Crippen molar-refractivity contribution in [3.05, 3.63) is 0 Å². The van der Waals surface area contributed by atoms with Gasteiger partial charge in [-0.25, -0.2) is 0 Å². The Labute approximate surface area is 286 Å². The van der Waals surface area contributed by atoms with Crippen LogP contribution in [0.2, 0.25) is 0 Å². The van der Waals surface area contributed by atoms with Gasteiger partial charge in [-0.15, -0.1) is 0 Å². The highest BCUT2D eigenvalue weighted by molar-refractivity contribution is 8.00. The largest absolute Gasteiger partial charge is 0.466 e. The summed E-state index contributed by atoms with van der Waals surface area (Å²) in [5, 5.41) is 5.04. The Morgan fingerprint density at radius 1 is 0.711 bits per heavy atom. The van der Waals surface area contributed by atoms with Gasteiger partial charge in [0.1, 0.15) is 0 Å². The van der Waals surface area contributed by atoms with E-state index in [-0.39, 0.29) is 11.2 Å². The van der Waals surface area contributed by atoms with E-state index in [0.29, 0.717) is 24.1 Å². The highest BCUT2D eigenvalue weighted by Crippen LogP contribution is 2.29. The number of nitrogens with zero attached hydrogens (tertiary/aromatic N) is 4. The zero-order valence-electron chi connectivity index (χ0n) is 29.9. The lowest BCUT2D eigenvalue weighted by atomic mass is 10.0. The summed E-state index contributed by atoms with van der Waals surface area (Å²) in [5.41, 5.74) is 0. The van der Waals surface area contributed by atoms with Crippen LogP contribution < -0.4 is 5.32 Å². The third-order valence-electron chi connectivity index (χ3n) is 7.90. The molecule has 1 aromatic rings. The Bertz CT molecular complexity index is 831. The van der Waals surface area contributed by atoms with Gasteiger partial charge in [-0.2, -0.15) is 15.0 Å². The molecule has 1 unspecified atom stereocenters. The lowest BCUT2D eigenvalue weighted by Crippen LogP contribution is -2.17. The molecule has 1 rings (SSSR count). The average Bonchev–Trinajstić information content (AvgIpc) is 3.02. The number of carbonyl (C=O) groups is 1. The summed E-state index contributed by atoms with van der Waals surface area (Å²) in [5.74, 6) is 1.55. The van der Waals surface area contributed by atoms with Crippen LogP contribution >= 0.6 is 23.5 Å². The topological polar surface area (TPSA) is 80.2 Å². The molecule has 0 aliphatic rings. The van der Waals surface area contributed by atoms with Crippen molar-refractivity contribution in [3.8, 4) is 0 Å². The van der Waals surface area contributed by atoms with E-state index < -0.39 is 0 Å². The van der Waals surface area contributed by atoms with Gasteiger partial charge < -0.3 is 15.0 Å². The van der Waals surface area contributed by atoms with Crippen LogP contribution in [0.4, 0.5) is 5.95 Å². The first kappa shape index (κ1) is 42.0. The smallest absolute Gasteiger partial charge is 0.306 e. The van der Waals surface area contributed by atoms with Crippen LogP contribution in [0.3, 0.4) is 0 Å². The molecule has 0 fully saturated rings. The molecule has 1 aromatic heterocycles. The highest BCUT2D eigenvalue weighted by Gasteiger charge is 2.19. The maximum absolute atomic E-state index is 12.5. The van der Waals surface area contributed by atoms with Gasteiger partial charge in [-0.1, -0.05) is 153 Å². The lowest BCUT2D eigenvalue weighted by Gasteiger charge is -2.16. The van der Waals surface area contributed by atoms with Gasteiger partial charge in [0, 0.05) is 17.5 Å². The zero-order chi connectivity index (χ0) is 32.8. The number of carbonyl (C=O) groups excluding carboxylic acids is 1. The number of esters is 1. The number of nitrogens with one attached hydrogen (secondary N) is 1. The maximum Gasteiger partial charge on any atom is 0.306 e. The summed E-state index contributed by atoms with van der Waals surface area (Å²) in [6.07, 6.45) is 27.1. The van der Waals surface area contributed by atoms with Crippen LogP contribution in [0.1, 0.15) is 162 Å². The summed E-state index contributed by atoms with van der Waals surface area (Å²) in [6, 6.07) is 0. The zero-order valence-corrected chi connectivity index (χ0v) is 31.5. The Balaban J connectivity index is 2.57. The van der Waals surface area contributed by atoms with Gasteiger partial charge in [0.15, 0.2) is 10.3 Å². The van der Waals surface area contributed by atoms with Crippen molar-refractivity contribution >= 4 is 35.4 Å². The molecule has 1 atom stereocenters. The van der Waals surface area contributed by atoms with Gasteiger partial charge in [-0.05, 0) is 46.3 Å². The number of unbranched alkanes of at least 4 members (excludes halogenated alkanes) is 16. The molecule has 0 aromatic carbocycles. The lowest BCUT2D eigenvalue weighted by molar-refractivity contribution is -0.143. The number of hydrogen-bond donors (Lipinski definition) is 1. The molecule has 7 nitrogen and oxygen atoms in total. The number of ether oxygens (including phenoxy) is 1. The molecular weight excluding hydrogens is 599 g/mol. The predicted molar refractivity (Wildman–Crippen MR) is 197 cm³/mol. The molecule has 0 saturated carbocycles. The molecule has 9 heteroatoms. The molecule has 0 amide bonds. The maximum atomic E-state index is 12.5. The van der Waals surface area contributed by atoms with Crippen molar-refractivity contribution in [1.82, 2.24) is 19.9 Å². The first-order valence-electron chi connectivity index (χ1n) is 18.6. The van der Waals surface area contributed by atoms with Crippen LogP contribution in [0.5, 0.6) is 0 Å². The van der Waals surface area contributed by atoms with Crippen LogP contribution in [0.25, 0.3) is 0 Å². The summed E-state index contributed by atoms with van der Waals surface area (Å²) < 4.78 is 5.43. The minimum absolute atomic E-state index is 0.110. The minimum atomic E-state index is -0.117. The van der Waals surface area contributed by atoms with Crippen LogP contribution in [-0.4, -0.2) is 70.6 Å². The number of rotatable bonds is 32. The summed E-state index contributed by atoms with van der Waals surface area (Å²) in [6.45, 7) is 8.86. The second kappa shape index (κ2) is 30.3. The Morgan fingerprint density at radius 3 is 1.84 bits per heavy atom. The second-order valence-corrected chi connectivity index (χ2v) is 15.1. The standard InChI is InChI=1S/C36H69N5O2S2/c1-6-9-11-13-14-15-16-17-18-19-20-21-22-24-30-44-35-38-34(37-27-25-28-41(4)5)39-36(40-35)45-32(26-23-12-10-7-2)31-33(42)43-29-8-3/h32H,6-31H2,1-5H3,(H,37,38,39,40). The molecular formula is C36H69N5O2S2. The first-order valence-corrected chi connectivity index (χ1v) is 20.4. The molecule has 0 radical (unpaired) electrons. The summed E-state index contributed by atoms with van der Waals surface area (Å²) in [4.78, 5) is 29.1. The molecule has 1 N–H and O–H groups in total. The normalized spacial score (nSPS) is 12.1. The fourth-order valence-electron chi connectivity index (χ4n) is 5.20. The number of hydrogen-bond acceptors (Lipinski definition) is 9. The van der Waals surface area contributed by atoms with Crippen molar-refractivity contribution in [1.29, 1.82) is 0 Å². The minimum Gasteiger partial charge on any atom is -0.466 e. The van der Waals surface area contributed by atoms with E-state index in [1.165, 1.54) is 109 Å². The molecule has 0 aliphatic heterocycles. The quantitative estimate of drug-likeness (QED) is 0.0458. The SMILES string of the molecule is CCCCCCCCCCCCCCCCSc1nc(NCCCN(C)C)nc(SC(CCCCCC)CC(=O)OCCC)n1. The number of aromatic nitrogens is 3. The van der Waals surface area contributed by atoms with Crippen molar-refractivity contribution in [3.63, 3.8) is 0 Å². The van der Waals surface area contributed by atoms with E-state index in [1.807, 2.05) is 6.92 Å². The second-order valence-electron chi connectivity index (χ2n) is 12.8. The Hall–Kier alpha value is -1.06. The van der Waals surface area contributed by atoms with Crippen LogP contribution in [0.15, 0.2) is 10.3 Å². The van der Waals surface area contributed by atoms with E-state index in [2.05, 4.69) is 38.2 Å². The Kier molecular flexibility index (Phi) is 28.2. The summed E-state index contributed by atoms with van der Waals surface area (Å²) in [7, 11) is 4.19. The van der Waals surface area contributed by atoms with Crippen molar-refractivity contribution in [2.24, 2.45) is 0 Å². The molecule has 262 valence electrons. The molecule has 0 bridgehead atoms. The summed E-state index contributed by atoms with van der Waals surface area (Å²) >= 11 is 3.36. The Morgan fingerprint density at radius 2 is 1.27 bits per heavy atom. The molecule has 1 heterocycles. The third-order valence-corrected chi connectivity index (χ3v) is 9.96. The highest BCUT2D eigenvalue weighted by atomic mass is 32.2. The van der Waals surface area contributed by atoms with Crippen LogP contribution in [0, 0.1) is 0 Å². The molecule has 0 spiro atoms. The third kappa shape index (κ3) is 25.7. The van der Waals surface area contributed by atoms with Gasteiger partial charge in [-0.3, -0.25) is 4.79 Å². The van der Waals surface area contributed by atoms with E-state index in [1.54, 1.807) is 23.5 Å². The van der Waals surface area contributed by atoms with Gasteiger partial charge in [0.25, 0.3) is 0 Å². The molecule has 0 saturated heterocycles. The van der Waals surface area contributed by atoms with Crippen molar-refractivity contribution in [2.75, 3.05) is 44.9 Å². The van der Waals surface area contributed by atoms with E-state index in [0.717, 1.165) is 49.7 Å². The van der Waals surface area contributed by atoms with Gasteiger partial charge in [0.05, 0.1) is 13.0 Å². The molecule has 0 aliphatic carbocycles. The van der Waals surface area contributed by atoms with Crippen molar-refractivity contribution < 1.29 is 9.53 Å². The van der Waals surface area contributed by atoms with Crippen LogP contribution in [-0.2, 0) is 9.53 Å². The molecule has 45 heavy (non-hydrogen) atoms.